The average molecular weight is 194 g/mol. The maximum Gasteiger partial charge on any atom is 0.268 e. The van der Waals surface area contributed by atoms with Gasteiger partial charge in [0, 0.05) is 5.56 Å². The molecule has 0 aliphatic carbocycles. The number of amides is 1. The summed E-state index contributed by atoms with van der Waals surface area (Å²) in [5, 5.41) is 0. The van der Waals surface area contributed by atoms with Crippen LogP contribution in [0.15, 0.2) is 29.0 Å². The van der Waals surface area contributed by atoms with Crippen molar-refractivity contribution in [2.75, 3.05) is 0 Å². The highest BCUT2D eigenvalue weighted by Gasteiger charge is 2.18. The van der Waals surface area contributed by atoms with E-state index in [0.717, 1.165) is 0 Å². The minimum atomic E-state index is -0.511. The van der Waals surface area contributed by atoms with Crippen LogP contribution in [0.1, 0.15) is 5.56 Å². The first-order chi connectivity index (χ1) is 6.29. The number of para-hydroxylation sites is 1. The monoisotopic (exact) mass is 194 g/mol. The molecule has 0 fully saturated rings. The molecule has 1 atom stereocenters. The van der Waals surface area contributed by atoms with Gasteiger partial charge in [-0.15, -0.1) is 0 Å². The lowest BCUT2D eigenvalue weighted by Crippen LogP contribution is -2.25. The lowest BCUT2D eigenvalue weighted by atomic mass is 10.1. The Morgan fingerprint density at radius 1 is 1.46 bits per heavy atom. The van der Waals surface area contributed by atoms with E-state index in [2.05, 4.69) is 4.76 Å². The number of rotatable bonds is 1. The normalized spacial score (nSPS) is 15.8. The molecular weight excluding hydrogens is 187 g/mol. The van der Waals surface area contributed by atoms with Gasteiger partial charge in [0.25, 0.3) is 5.91 Å². The zero-order valence-corrected chi connectivity index (χ0v) is 7.65. The number of carbonyl (C=O) groups excluding carboxylic acids is 1. The van der Waals surface area contributed by atoms with E-state index in [0.29, 0.717) is 17.0 Å². The molecule has 0 spiro atoms. The molecule has 1 unspecified atom stereocenters. The van der Waals surface area contributed by atoms with Gasteiger partial charge in [0.2, 0.25) is 0 Å². The Labute approximate surface area is 76.7 Å². The molecule has 0 bridgehead atoms. The summed E-state index contributed by atoms with van der Waals surface area (Å²) in [7, 11) is -0.0711. The van der Waals surface area contributed by atoms with Crippen molar-refractivity contribution in [1.29, 1.82) is 0 Å². The molecule has 4 nitrogen and oxygen atoms in total. The summed E-state index contributed by atoms with van der Waals surface area (Å²) in [4.78, 5) is 11.0. The van der Waals surface area contributed by atoms with E-state index in [1.54, 1.807) is 12.1 Å². The Hall–Kier alpha value is -1.41. The van der Waals surface area contributed by atoms with E-state index in [4.69, 9.17) is 10.3 Å². The Bertz CT molecular complexity index is 389. The molecule has 66 valence electrons. The van der Waals surface area contributed by atoms with Crippen molar-refractivity contribution in [1.82, 2.24) is 0 Å². The predicted molar refractivity (Wildman–Crippen MR) is 51.1 cm³/mol. The van der Waals surface area contributed by atoms with Gasteiger partial charge in [-0.3, -0.25) is 4.79 Å². The molecule has 2 N–H and O–H groups in total. The van der Waals surface area contributed by atoms with E-state index >= 15 is 0 Å². The minimum Gasteiger partial charge on any atom is -0.453 e. The maximum absolute atomic E-state index is 11.0. The number of primary amides is 1. The molecule has 0 saturated carbocycles. The van der Waals surface area contributed by atoms with Gasteiger partial charge in [-0.2, -0.15) is 0 Å². The molecule has 0 saturated heterocycles. The van der Waals surface area contributed by atoms with E-state index in [-0.39, 0.29) is 8.96 Å². The highest BCUT2D eigenvalue weighted by atomic mass is 31.1. The fourth-order valence-electron chi connectivity index (χ4n) is 1.12. The number of nitrogens with zero attached hydrogens (tertiary/aromatic N) is 1. The molecule has 1 amide bonds. The largest absolute Gasteiger partial charge is 0.453 e. The molecule has 0 aromatic heterocycles. The topological polar surface area (TPSA) is 64.7 Å². The van der Waals surface area contributed by atoms with Crippen molar-refractivity contribution in [2.45, 2.75) is 0 Å². The van der Waals surface area contributed by atoms with Crippen molar-refractivity contribution < 1.29 is 9.32 Å². The van der Waals surface area contributed by atoms with Gasteiger partial charge in [0.05, 0.1) is 0 Å². The van der Waals surface area contributed by atoms with Crippen LogP contribution in [0, 0.1) is 0 Å². The number of fused-ring (bicyclic) bond motifs is 1. The molecule has 1 aliphatic heterocycles. The zero-order chi connectivity index (χ0) is 9.26. The second-order valence-corrected chi connectivity index (χ2v) is 3.12. The second kappa shape index (κ2) is 3.15. The van der Waals surface area contributed by atoms with Gasteiger partial charge in [-0.05, 0) is 12.1 Å². The SMILES string of the molecule is NC(=O)C1=NPOc2ccccc21. The Balaban J connectivity index is 2.53. The summed E-state index contributed by atoms with van der Waals surface area (Å²) in [6.45, 7) is 0. The van der Waals surface area contributed by atoms with Crippen LogP contribution in [0.5, 0.6) is 5.75 Å². The lowest BCUT2D eigenvalue weighted by molar-refractivity contribution is -0.111. The summed E-state index contributed by atoms with van der Waals surface area (Å²) in [6.07, 6.45) is 0. The van der Waals surface area contributed by atoms with Gasteiger partial charge in [-0.1, -0.05) is 12.1 Å². The molecule has 13 heavy (non-hydrogen) atoms. The van der Waals surface area contributed by atoms with Crippen molar-refractivity contribution >= 4 is 20.6 Å². The average Bonchev–Trinajstić information content (AvgIpc) is 2.17. The molecular formula is C8H7N2O2P. The van der Waals surface area contributed by atoms with Crippen LogP contribution >= 0.6 is 8.96 Å². The highest BCUT2D eigenvalue weighted by Crippen LogP contribution is 2.31. The Kier molecular flexibility index (Phi) is 1.99. The quantitative estimate of drug-likeness (QED) is 0.674. The third-order valence-corrected chi connectivity index (χ3v) is 2.31. The summed E-state index contributed by atoms with van der Waals surface area (Å²) in [5.74, 6) is 0.160. The second-order valence-electron chi connectivity index (χ2n) is 2.51. The first kappa shape index (κ1) is 8.20. The van der Waals surface area contributed by atoms with E-state index in [9.17, 15) is 4.79 Å². The van der Waals surface area contributed by atoms with Gasteiger partial charge < -0.3 is 10.3 Å². The molecule has 0 radical (unpaired) electrons. The van der Waals surface area contributed by atoms with Crippen molar-refractivity contribution in [3.63, 3.8) is 0 Å². The molecule has 1 aromatic carbocycles. The third kappa shape index (κ3) is 1.40. The van der Waals surface area contributed by atoms with E-state index < -0.39 is 5.91 Å². The highest BCUT2D eigenvalue weighted by molar-refractivity contribution is 7.32. The van der Waals surface area contributed by atoms with Crippen molar-refractivity contribution in [3.8, 4) is 5.75 Å². The van der Waals surface area contributed by atoms with Crippen LogP contribution in [0.3, 0.4) is 0 Å². The van der Waals surface area contributed by atoms with Crippen LogP contribution in [-0.4, -0.2) is 11.6 Å². The fourth-order valence-corrected chi connectivity index (χ4v) is 1.76. The summed E-state index contributed by atoms with van der Waals surface area (Å²) in [5.41, 5.74) is 6.14. The number of carbonyl (C=O) groups is 1. The van der Waals surface area contributed by atoms with E-state index in [1.165, 1.54) is 0 Å². The van der Waals surface area contributed by atoms with Crippen LogP contribution in [0.2, 0.25) is 0 Å². The Morgan fingerprint density at radius 2 is 2.23 bits per heavy atom. The van der Waals surface area contributed by atoms with Crippen molar-refractivity contribution in [2.24, 2.45) is 10.5 Å². The van der Waals surface area contributed by atoms with Crippen LogP contribution < -0.4 is 10.3 Å². The summed E-state index contributed by atoms with van der Waals surface area (Å²) >= 11 is 0. The number of hydrogen-bond donors (Lipinski definition) is 1. The summed E-state index contributed by atoms with van der Waals surface area (Å²) in [6, 6.07) is 7.21. The lowest BCUT2D eigenvalue weighted by Gasteiger charge is -2.14. The Morgan fingerprint density at radius 3 is 3.00 bits per heavy atom. The van der Waals surface area contributed by atoms with Gasteiger partial charge >= 0.3 is 0 Å². The molecule has 1 aliphatic rings. The van der Waals surface area contributed by atoms with Crippen LogP contribution in [0.4, 0.5) is 0 Å². The van der Waals surface area contributed by atoms with Crippen LogP contribution in [-0.2, 0) is 4.79 Å². The number of nitrogens with two attached hydrogens (primary N) is 1. The predicted octanol–water partition coefficient (Wildman–Crippen LogP) is 0.862. The van der Waals surface area contributed by atoms with E-state index in [1.807, 2.05) is 12.1 Å². The smallest absolute Gasteiger partial charge is 0.268 e. The molecule has 1 heterocycles. The van der Waals surface area contributed by atoms with Gasteiger partial charge in [0.15, 0.2) is 8.96 Å². The fraction of sp³-hybridized carbons (Fsp3) is 0. The number of hydrogen-bond acceptors (Lipinski definition) is 3. The summed E-state index contributed by atoms with van der Waals surface area (Å²) < 4.78 is 9.15. The van der Waals surface area contributed by atoms with Crippen molar-refractivity contribution in [3.05, 3.63) is 29.8 Å². The first-order valence-electron chi connectivity index (χ1n) is 3.68. The zero-order valence-electron chi connectivity index (χ0n) is 6.65. The first-order valence-corrected chi connectivity index (χ1v) is 4.53. The standard InChI is InChI=1S/C8H7N2O2P/c9-8(11)7-5-3-1-2-4-6(5)12-13-10-7/h1-4,13H,(H2,9,11). The van der Waals surface area contributed by atoms with Gasteiger partial charge in [-0.25, -0.2) is 4.76 Å². The van der Waals surface area contributed by atoms with Crippen LogP contribution in [0.25, 0.3) is 0 Å². The number of benzene rings is 1. The third-order valence-electron chi connectivity index (χ3n) is 1.69. The molecule has 1 aromatic rings. The minimum absolute atomic E-state index is 0.0711. The maximum atomic E-state index is 11.0. The molecule has 5 heteroatoms. The van der Waals surface area contributed by atoms with Gasteiger partial charge in [0.1, 0.15) is 11.5 Å². The molecule has 2 rings (SSSR count).